The van der Waals surface area contributed by atoms with Gasteiger partial charge in [0.1, 0.15) is 6.04 Å². The molecule has 0 aromatic heterocycles. The molecular weight excluding hydrogens is 360 g/mol. The average Bonchev–Trinajstić information content (AvgIpc) is 2.96. The van der Waals surface area contributed by atoms with Crippen LogP contribution in [0.3, 0.4) is 0 Å². The molecule has 7 nitrogen and oxygen atoms in total. The van der Waals surface area contributed by atoms with Gasteiger partial charge in [-0.1, -0.05) is 30.3 Å². The highest BCUT2D eigenvalue weighted by molar-refractivity contribution is 6.22. The number of aliphatic carboxylic acids is 1. The summed E-state index contributed by atoms with van der Waals surface area (Å²) in [5, 5.41) is 12.3. The molecule has 144 valence electrons. The molecule has 0 bridgehead atoms. The Hall–Kier alpha value is -3.48. The number of unbranched alkanes of at least 4 members (excludes halogenated alkanes) is 1. The van der Waals surface area contributed by atoms with Crippen molar-refractivity contribution < 1.29 is 24.3 Å². The molecule has 7 heteroatoms. The van der Waals surface area contributed by atoms with E-state index in [4.69, 9.17) is 0 Å². The van der Waals surface area contributed by atoms with E-state index in [1.54, 1.807) is 36.4 Å². The first kappa shape index (κ1) is 19.3. The second-order valence-electron chi connectivity index (χ2n) is 6.50. The highest BCUT2D eigenvalue weighted by Crippen LogP contribution is 2.26. The quantitative estimate of drug-likeness (QED) is 0.540. The molecule has 0 fully saturated rings. The fourth-order valence-corrected chi connectivity index (χ4v) is 3.21. The van der Waals surface area contributed by atoms with E-state index in [2.05, 4.69) is 5.32 Å². The molecule has 0 unspecified atom stereocenters. The van der Waals surface area contributed by atoms with Crippen LogP contribution in [0.2, 0.25) is 0 Å². The van der Waals surface area contributed by atoms with E-state index in [9.17, 15) is 24.3 Å². The van der Waals surface area contributed by atoms with E-state index in [0.29, 0.717) is 24.9 Å². The summed E-state index contributed by atoms with van der Waals surface area (Å²) in [7, 11) is 0. The number of nitrogens with one attached hydrogen (secondary N) is 1. The molecule has 1 aliphatic heterocycles. The van der Waals surface area contributed by atoms with Crippen LogP contribution in [0.15, 0.2) is 54.6 Å². The number of imide groups is 1. The van der Waals surface area contributed by atoms with Crippen molar-refractivity contribution in [1.82, 2.24) is 10.2 Å². The van der Waals surface area contributed by atoms with Crippen molar-refractivity contribution in [3.05, 3.63) is 71.3 Å². The summed E-state index contributed by atoms with van der Waals surface area (Å²) in [5.41, 5.74) is 1.01. The number of hydrogen-bond donors (Lipinski definition) is 2. The number of benzene rings is 2. The fraction of sp³-hybridized carbons (Fsp3) is 0.238. The topological polar surface area (TPSA) is 104 Å². The second-order valence-corrected chi connectivity index (χ2v) is 6.50. The molecule has 2 N–H and O–H groups in total. The molecule has 0 radical (unpaired) electrons. The van der Waals surface area contributed by atoms with Crippen molar-refractivity contribution in [3.63, 3.8) is 0 Å². The van der Waals surface area contributed by atoms with Gasteiger partial charge in [-0.25, -0.2) is 4.79 Å². The molecular formula is C21H20N2O5. The zero-order chi connectivity index (χ0) is 20.1. The smallest absolute Gasteiger partial charge is 0.326 e. The van der Waals surface area contributed by atoms with Crippen LogP contribution in [0.4, 0.5) is 0 Å². The number of carbonyl (C=O) groups excluding carboxylic acids is 3. The maximum Gasteiger partial charge on any atom is 0.326 e. The lowest BCUT2D eigenvalue weighted by atomic mass is 10.1. The van der Waals surface area contributed by atoms with E-state index < -0.39 is 23.8 Å². The molecule has 28 heavy (non-hydrogen) atoms. The Balaban J connectivity index is 1.54. The summed E-state index contributed by atoms with van der Waals surface area (Å²) in [6.07, 6.45) is 1.10. The van der Waals surface area contributed by atoms with Gasteiger partial charge in [0.15, 0.2) is 0 Å². The Morgan fingerprint density at radius 1 is 0.893 bits per heavy atom. The van der Waals surface area contributed by atoms with Gasteiger partial charge in [0.25, 0.3) is 17.7 Å². The first-order valence-corrected chi connectivity index (χ1v) is 9.03. The lowest BCUT2D eigenvalue weighted by molar-refractivity contribution is -0.141. The van der Waals surface area contributed by atoms with Crippen molar-refractivity contribution in [2.75, 3.05) is 6.54 Å². The van der Waals surface area contributed by atoms with Gasteiger partial charge in [-0.05, 0) is 43.5 Å². The lowest BCUT2D eigenvalue weighted by Crippen LogP contribution is -2.44. The van der Waals surface area contributed by atoms with Crippen LogP contribution in [0.5, 0.6) is 0 Å². The van der Waals surface area contributed by atoms with Crippen molar-refractivity contribution in [1.29, 1.82) is 0 Å². The lowest BCUT2D eigenvalue weighted by Gasteiger charge is -2.22. The highest BCUT2D eigenvalue weighted by Gasteiger charge is 2.42. The van der Waals surface area contributed by atoms with Gasteiger partial charge in [0.2, 0.25) is 0 Å². The summed E-state index contributed by atoms with van der Waals surface area (Å²) in [6, 6.07) is 13.9. The Morgan fingerprint density at radius 3 is 2.04 bits per heavy atom. The average molecular weight is 380 g/mol. The molecule has 0 saturated carbocycles. The molecule has 0 spiro atoms. The van der Waals surface area contributed by atoms with Crippen molar-refractivity contribution in [2.45, 2.75) is 25.3 Å². The Kier molecular flexibility index (Phi) is 5.84. The molecule has 2 aromatic rings. The van der Waals surface area contributed by atoms with Crippen LogP contribution in [-0.2, 0) is 4.79 Å². The van der Waals surface area contributed by atoms with Gasteiger partial charge in [-0.3, -0.25) is 19.3 Å². The molecule has 1 aliphatic rings. The monoisotopic (exact) mass is 380 g/mol. The van der Waals surface area contributed by atoms with Gasteiger partial charge in [-0.2, -0.15) is 0 Å². The molecule has 3 amide bonds. The predicted molar refractivity (Wildman–Crippen MR) is 101 cm³/mol. The van der Waals surface area contributed by atoms with Gasteiger partial charge >= 0.3 is 5.97 Å². The third-order valence-corrected chi connectivity index (χ3v) is 4.65. The number of carboxylic acid groups (broad SMARTS) is 1. The van der Waals surface area contributed by atoms with Crippen molar-refractivity contribution in [2.24, 2.45) is 0 Å². The number of carbonyl (C=O) groups is 4. The summed E-state index contributed by atoms with van der Waals surface area (Å²) >= 11 is 0. The molecule has 1 heterocycles. The minimum atomic E-state index is -1.22. The predicted octanol–water partition coefficient (Wildman–Crippen LogP) is 2.34. The number of nitrogens with zero attached hydrogens (tertiary/aromatic N) is 1. The molecule has 0 saturated heterocycles. The highest BCUT2D eigenvalue weighted by atomic mass is 16.4. The van der Waals surface area contributed by atoms with E-state index in [0.717, 1.165) is 4.90 Å². The third-order valence-electron chi connectivity index (χ3n) is 4.65. The van der Waals surface area contributed by atoms with E-state index >= 15 is 0 Å². The van der Waals surface area contributed by atoms with Crippen LogP contribution in [0, 0.1) is 0 Å². The number of hydrogen-bond acceptors (Lipinski definition) is 4. The summed E-state index contributed by atoms with van der Waals surface area (Å²) in [6.45, 7) is 0.377. The molecule has 1 atom stereocenters. The SMILES string of the molecule is O=C(NCCCC[C@H](C(=O)O)N1C(=O)c2ccccc2C1=O)c1ccccc1. The summed E-state index contributed by atoms with van der Waals surface area (Å²) < 4.78 is 0. The van der Waals surface area contributed by atoms with Gasteiger partial charge in [0, 0.05) is 12.1 Å². The van der Waals surface area contributed by atoms with Crippen LogP contribution in [-0.4, -0.2) is 46.3 Å². The molecule has 0 aliphatic carbocycles. The van der Waals surface area contributed by atoms with E-state index in [1.165, 1.54) is 12.1 Å². The Morgan fingerprint density at radius 2 is 1.46 bits per heavy atom. The first-order chi connectivity index (χ1) is 13.5. The molecule has 2 aromatic carbocycles. The first-order valence-electron chi connectivity index (χ1n) is 9.03. The maximum atomic E-state index is 12.5. The van der Waals surface area contributed by atoms with Crippen LogP contribution < -0.4 is 5.32 Å². The third kappa shape index (κ3) is 3.93. The maximum absolute atomic E-state index is 12.5. The number of carboxylic acids is 1. The summed E-state index contributed by atoms with van der Waals surface area (Å²) in [4.78, 5) is 49.4. The van der Waals surface area contributed by atoms with Crippen molar-refractivity contribution >= 4 is 23.7 Å². The molecule has 3 rings (SSSR count). The largest absolute Gasteiger partial charge is 0.480 e. The van der Waals surface area contributed by atoms with Crippen molar-refractivity contribution in [3.8, 4) is 0 Å². The number of amides is 3. The minimum absolute atomic E-state index is 0.127. The number of fused-ring (bicyclic) bond motifs is 1. The van der Waals surface area contributed by atoms with Crippen LogP contribution in [0.25, 0.3) is 0 Å². The van der Waals surface area contributed by atoms with E-state index in [1.807, 2.05) is 6.07 Å². The van der Waals surface area contributed by atoms with Gasteiger partial charge in [0.05, 0.1) is 11.1 Å². The fourth-order valence-electron chi connectivity index (χ4n) is 3.21. The van der Waals surface area contributed by atoms with E-state index in [-0.39, 0.29) is 23.5 Å². The van der Waals surface area contributed by atoms with Crippen LogP contribution >= 0.6 is 0 Å². The van der Waals surface area contributed by atoms with Gasteiger partial charge in [-0.15, -0.1) is 0 Å². The zero-order valence-electron chi connectivity index (χ0n) is 15.1. The van der Waals surface area contributed by atoms with Crippen LogP contribution in [0.1, 0.15) is 50.3 Å². The van der Waals surface area contributed by atoms with Gasteiger partial charge < -0.3 is 10.4 Å². The zero-order valence-corrected chi connectivity index (χ0v) is 15.1. The number of rotatable bonds is 8. The second kappa shape index (κ2) is 8.47. The minimum Gasteiger partial charge on any atom is -0.480 e. The standard InChI is InChI=1S/C21H20N2O5/c24-18(14-8-2-1-3-9-14)22-13-7-6-12-17(21(27)28)23-19(25)15-10-4-5-11-16(15)20(23)26/h1-5,8-11,17H,6-7,12-13H2,(H,22,24)(H,27,28)/t17-/m1/s1. The summed E-state index contributed by atoms with van der Waals surface area (Å²) in [5.74, 6) is -2.57. The Bertz CT molecular complexity index is 875. The Labute approximate surface area is 162 Å². The normalized spacial score (nSPS) is 13.9.